The molecule has 0 saturated heterocycles. The molecule has 7 heteroatoms. The predicted octanol–water partition coefficient (Wildman–Crippen LogP) is 4.87. The highest BCUT2D eigenvalue weighted by Crippen LogP contribution is 2.30. The third kappa shape index (κ3) is 4.33. The summed E-state index contributed by atoms with van der Waals surface area (Å²) in [6, 6.07) is 20.6. The number of aromatic amines is 1. The van der Waals surface area contributed by atoms with E-state index in [9.17, 15) is 14.4 Å². The molecule has 0 saturated carbocycles. The zero-order chi connectivity index (χ0) is 24.4. The summed E-state index contributed by atoms with van der Waals surface area (Å²) in [4.78, 5) is 47.7. The average molecular weight is 467 g/mol. The standard InChI is InChI=1S/C28H26N4O3/c1-2-22(26-29-17-23(31-26)18-9-4-3-5-10-18)30-24(33)15-8-16-32-27(34)20-13-6-11-19-12-7-14-21(25(19)20)28(32)35/h3-7,9-14,17,22H,2,8,15-16H2,1H3,(H,29,31)(H,30,33). The topological polar surface area (TPSA) is 95.2 Å². The van der Waals surface area contributed by atoms with Gasteiger partial charge in [0.2, 0.25) is 5.91 Å². The minimum atomic E-state index is -0.310. The Morgan fingerprint density at radius 2 is 1.66 bits per heavy atom. The minimum absolute atomic E-state index is 0.145. The van der Waals surface area contributed by atoms with Gasteiger partial charge in [-0.25, -0.2) is 4.98 Å². The van der Waals surface area contributed by atoms with Gasteiger partial charge >= 0.3 is 0 Å². The lowest BCUT2D eigenvalue weighted by Gasteiger charge is -2.27. The number of carbonyl (C=O) groups excluding carboxylic acids is 3. The van der Waals surface area contributed by atoms with Crippen molar-refractivity contribution in [2.75, 3.05) is 6.54 Å². The lowest BCUT2D eigenvalue weighted by Crippen LogP contribution is -2.41. The van der Waals surface area contributed by atoms with Crippen LogP contribution in [-0.2, 0) is 4.79 Å². The third-order valence-corrected chi connectivity index (χ3v) is 6.40. The van der Waals surface area contributed by atoms with Crippen LogP contribution in [0.4, 0.5) is 0 Å². The number of hydrogen-bond donors (Lipinski definition) is 2. The Bertz CT molecular complexity index is 1360. The van der Waals surface area contributed by atoms with Crippen LogP contribution in [0.15, 0.2) is 72.9 Å². The zero-order valence-corrected chi connectivity index (χ0v) is 19.5. The Morgan fingerprint density at radius 3 is 2.31 bits per heavy atom. The number of benzene rings is 3. The largest absolute Gasteiger partial charge is 0.346 e. The van der Waals surface area contributed by atoms with Gasteiger partial charge in [0.25, 0.3) is 11.8 Å². The highest BCUT2D eigenvalue weighted by atomic mass is 16.2. The quantitative estimate of drug-likeness (QED) is 0.362. The second-order valence-corrected chi connectivity index (χ2v) is 8.65. The molecular weight excluding hydrogens is 440 g/mol. The van der Waals surface area contributed by atoms with Gasteiger partial charge in [-0.3, -0.25) is 19.3 Å². The van der Waals surface area contributed by atoms with Crippen molar-refractivity contribution in [3.8, 4) is 11.3 Å². The van der Waals surface area contributed by atoms with Crippen molar-refractivity contribution in [1.82, 2.24) is 20.2 Å². The van der Waals surface area contributed by atoms with Crippen LogP contribution in [-0.4, -0.2) is 39.1 Å². The number of rotatable bonds is 8. The van der Waals surface area contributed by atoms with E-state index in [1.807, 2.05) is 61.5 Å². The van der Waals surface area contributed by atoms with E-state index in [4.69, 9.17) is 0 Å². The van der Waals surface area contributed by atoms with Crippen LogP contribution < -0.4 is 5.32 Å². The first kappa shape index (κ1) is 22.5. The molecular formula is C28H26N4O3. The second kappa shape index (κ2) is 9.54. The van der Waals surface area contributed by atoms with Crippen molar-refractivity contribution in [3.05, 3.63) is 89.9 Å². The maximum absolute atomic E-state index is 13.0. The first-order chi connectivity index (χ1) is 17.1. The highest BCUT2D eigenvalue weighted by Gasteiger charge is 2.32. The summed E-state index contributed by atoms with van der Waals surface area (Å²) in [6.07, 6.45) is 3.03. The molecule has 5 rings (SSSR count). The molecule has 1 aromatic heterocycles. The van der Waals surface area contributed by atoms with Gasteiger partial charge in [-0.1, -0.05) is 61.5 Å². The summed E-state index contributed by atoms with van der Waals surface area (Å²) in [5, 5.41) is 4.60. The number of nitrogens with zero attached hydrogens (tertiary/aromatic N) is 2. The van der Waals surface area contributed by atoms with Gasteiger partial charge in [-0.2, -0.15) is 0 Å². The van der Waals surface area contributed by atoms with Crippen molar-refractivity contribution in [2.24, 2.45) is 0 Å². The lowest BCUT2D eigenvalue weighted by atomic mass is 9.94. The number of H-pyrrole nitrogens is 1. The Morgan fingerprint density at radius 1 is 0.971 bits per heavy atom. The van der Waals surface area contributed by atoms with Gasteiger partial charge in [-0.15, -0.1) is 0 Å². The van der Waals surface area contributed by atoms with Crippen molar-refractivity contribution < 1.29 is 14.4 Å². The van der Waals surface area contributed by atoms with E-state index in [1.54, 1.807) is 18.3 Å². The lowest BCUT2D eigenvalue weighted by molar-refractivity contribution is -0.122. The van der Waals surface area contributed by atoms with Gasteiger partial charge in [0, 0.05) is 29.5 Å². The predicted molar refractivity (Wildman–Crippen MR) is 134 cm³/mol. The fourth-order valence-electron chi connectivity index (χ4n) is 4.59. The summed E-state index contributed by atoms with van der Waals surface area (Å²) < 4.78 is 0. The Labute approximate surface area is 203 Å². The van der Waals surface area contributed by atoms with Crippen LogP contribution in [0.2, 0.25) is 0 Å². The molecule has 1 aliphatic rings. The summed E-state index contributed by atoms with van der Waals surface area (Å²) in [6.45, 7) is 2.17. The number of nitrogens with one attached hydrogen (secondary N) is 2. The molecule has 4 aromatic rings. The second-order valence-electron chi connectivity index (χ2n) is 8.65. The van der Waals surface area contributed by atoms with Gasteiger partial charge in [0.05, 0.1) is 17.9 Å². The molecule has 0 radical (unpaired) electrons. The van der Waals surface area contributed by atoms with Crippen LogP contribution in [0.25, 0.3) is 22.0 Å². The molecule has 0 fully saturated rings. The maximum Gasteiger partial charge on any atom is 0.261 e. The summed E-state index contributed by atoms with van der Waals surface area (Å²) in [7, 11) is 0. The van der Waals surface area contributed by atoms with Crippen LogP contribution in [0, 0.1) is 0 Å². The number of amides is 3. The Balaban J connectivity index is 1.21. The first-order valence-corrected chi connectivity index (χ1v) is 11.8. The monoisotopic (exact) mass is 466 g/mol. The molecule has 0 bridgehead atoms. The van der Waals surface area contributed by atoms with E-state index >= 15 is 0 Å². The highest BCUT2D eigenvalue weighted by molar-refractivity contribution is 6.25. The Hall–Kier alpha value is -4.26. The minimum Gasteiger partial charge on any atom is -0.346 e. The van der Waals surface area contributed by atoms with E-state index in [-0.39, 0.29) is 36.7 Å². The van der Waals surface area contributed by atoms with E-state index in [1.165, 1.54) is 4.90 Å². The normalized spacial score (nSPS) is 13.8. The van der Waals surface area contributed by atoms with Crippen molar-refractivity contribution in [2.45, 2.75) is 32.2 Å². The van der Waals surface area contributed by atoms with Crippen LogP contribution in [0.1, 0.15) is 58.8 Å². The smallest absolute Gasteiger partial charge is 0.261 e. The van der Waals surface area contributed by atoms with Crippen LogP contribution in [0.3, 0.4) is 0 Å². The van der Waals surface area contributed by atoms with Crippen molar-refractivity contribution in [1.29, 1.82) is 0 Å². The van der Waals surface area contributed by atoms with Gasteiger partial charge < -0.3 is 10.3 Å². The van der Waals surface area contributed by atoms with E-state index < -0.39 is 0 Å². The fourth-order valence-corrected chi connectivity index (χ4v) is 4.59. The molecule has 3 aromatic carbocycles. The molecule has 2 heterocycles. The summed E-state index contributed by atoms with van der Waals surface area (Å²) >= 11 is 0. The van der Waals surface area contributed by atoms with Gasteiger partial charge in [0.15, 0.2) is 0 Å². The number of carbonyl (C=O) groups is 3. The fraction of sp³-hybridized carbons (Fsp3) is 0.214. The van der Waals surface area contributed by atoms with E-state index in [0.29, 0.717) is 35.2 Å². The number of aromatic nitrogens is 2. The molecule has 3 amide bonds. The molecule has 2 N–H and O–H groups in total. The van der Waals surface area contributed by atoms with Crippen LogP contribution in [0.5, 0.6) is 0 Å². The average Bonchev–Trinajstić information content (AvgIpc) is 3.38. The van der Waals surface area contributed by atoms with Gasteiger partial charge in [0.1, 0.15) is 5.82 Å². The molecule has 176 valence electrons. The van der Waals surface area contributed by atoms with E-state index in [2.05, 4.69) is 15.3 Å². The third-order valence-electron chi connectivity index (χ3n) is 6.40. The molecule has 7 nitrogen and oxygen atoms in total. The summed E-state index contributed by atoms with van der Waals surface area (Å²) in [5.41, 5.74) is 2.98. The molecule has 35 heavy (non-hydrogen) atoms. The molecule has 0 aliphatic carbocycles. The maximum atomic E-state index is 13.0. The number of imidazole rings is 1. The first-order valence-electron chi connectivity index (χ1n) is 11.8. The molecule has 1 atom stereocenters. The van der Waals surface area contributed by atoms with Gasteiger partial charge in [-0.05, 0) is 35.9 Å². The molecule has 1 aliphatic heterocycles. The van der Waals surface area contributed by atoms with Crippen LogP contribution >= 0.6 is 0 Å². The molecule has 1 unspecified atom stereocenters. The van der Waals surface area contributed by atoms with E-state index in [0.717, 1.165) is 16.6 Å². The molecule has 0 spiro atoms. The van der Waals surface area contributed by atoms with Crippen molar-refractivity contribution in [3.63, 3.8) is 0 Å². The Kier molecular flexibility index (Phi) is 6.14. The number of hydrogen-bond acceptors (Lipinski definition) is 4. The zero-order valence-electron chi connectivity index (χ0n) is 19.5. The summed E-state index contributed by atoms with van der Waals surface area (Å²) in [5.74, 6) is -0.0648. The number of imide groups is 1. The SMILES string of the molecule is CCC(NC(=O)CCCN1C(=O)c2cccc3cccc(c23)C1=O)c1ncc(-c2ccccc2)[nH]1. The van der Waals surface area contributed by atoms with Crippen molar-refractivity contribution >= 4 is 28.5 Å².